The van der Waals surface area contributed by atoms with Crippen molar-refractivity contribution in [3.63, 3.8) is 0 Å². The van der Waals surface area contributed by atoms with Crippen molar-refractivity contribution in [1.29, 1.82) is 0 Å². The van der Waals surface area contributed by atoms with Crippen LogP contribution in [-0.2, 0) is 9.59 Å². The van der Waals surface area contributed by atoms with E-state index in [1.54, 1.807) is 18.7 Å². The van der Waals surface area contributed by atoms with Crippen LogP contribution in [0.1, 0.15) is 52.9 Å². The van der Waals surface area contributed by atoms with Crippen LogP contribution in [0.15, 0.2) is 30.3 Å². The molecule has 0 aromatic heterocycles. The summed E-state index contributed by atoms with van der Waals surface area (Å²) in [6.07, 6.45) is 5.60. The average molecular weight is 316 g/mol. The largest absolute Gasteiger partial charge is 0.352 e. The highest BCUT2D eigenvalue weighted by Crippen LogP contribution is 2.25. The number of anilines is 1. The van der Waals surface area contributed by atoms with Gasteiger partial charge in [0.1, 0.15) is 5.41 Å². The number of carbonyl (C=O) groups is 2. The summed E-state index contributed by atoms with van der Waals surface area (Å²) in [5, 5.41) is 3.08. The van der Waals surface area contributed by atoms with Crippen LogP contribution < -0.4 is 10.2 Å². The molecule has 0 atom stereocenters. The minimum Gasteiger partial charge on any atom is -0.352 e. The zero-order valence-corrected chi connectivity index (χ0v) is 14.5. The van der Waals surface area contributed by atoms with E-state index in [9.17, 15) is 9.59 Å². The Morgan fingerprint density at radius 2 is 1.74 bits per heavy atom. The maximum Gasteiger partial charge on any atom is 0.242 e. The van der Waals surface area contributed by atoms with Gasteiger partial charge in [0.05, 0.1) is 0 Å². The summed E-state index contributed by atoms with van der Waals surface area (Å²) >= 11 is 0. The number of benzene rings is 1. The minimum absolute atomic E-state index is 0.153. The first-order chi connectivity index (χ1) is 11.0. The number of hydrogen-bond donors (Lipinski definition) is 1. The quantitative estimate of drug-likeness (QED) is 0.845. The van der Waals surface area contributed by atoms with Crippen LogP contribution in [-0.4, -0.2) is 24.4 Å². The van der Waals surface area contributed by atoms with Gasteiger partial charge in [-0.2, -0.15) is 0 Å². The normalized spacial score (nSPS) is 16.0. The molecule has 0 heterocycles. The molecule has 0 unspecified atom stereocenters. The van der Waals surface area contributed by atoms with Gasteiger partial charge in [0.15, 0.2) is 0 Å². The first-order valence-electron chi connectivity index (χ1n) is 8.64. The zero-order chi connectivity index (χ0) is 16.9. The van der Waals surface area contributed by atoms with Crippen molar-refractivity contribution < 1.29 is 9.59 Å². The molecule has 2 rings (SSSR count). The number of hydrogen-bond acceptors (Lipinski definition) is 2. The molecule has 2 amide bonds. The lowest BCUT2D eigenvalue weighted by molar-refractivity contribution is -0.140. The highest BCUT2D eigenvalue weighted by molar-refractivity contribution is 6.11. The van der Waals surface area contributed by atoms with Crippen molar-refractivity contribution in [2.24, 2.45) is 5.41 Å². The standard InChI is InChI=1S/C19H28N2O2/c1-4-21(16-13-9-6-10-14-16)18(23)19(2,3)17(22)20-15-11-7-5-8-12-15/h6,9-10,13-15H,4-5,7-8,11-12H2,1-3H3,(H,20,22). The molecule has 1 saturated carbocycles. The predicted octanol–water partition coefficient (Wildman–Crippen LogP) is 3.51. The van der Waals surface area contributed by atoms with E-state index in [0.29, 0.717) is 6.54 Å². The van der Waals surface area contributed by atoms with Gasteiger partial charge in [-0.25, -0.2) is 0 Å². The van der Waals surface area contributed by atoms with Gasteiger partial charge >= 0.3 is 0 Å². The summed E-state index contributed by atoms with van der Waals surface area (Å²) in [5.41, 5.74) is -0.234. The van der Waals surface area contributed by atoms with E-state index in [2.05, 4.69) is 5.32 Å². The van der Waals surface area contributed by atoms with Gasteiger partial charge in [-0.05, 0) is 45.7 Å². The number of nitrogens with one attached hydrogen (secondary N) is 1. The molecule has 1 fully saturated rings. The summed E-state index contributed by atoms with van der Waals surface area (Å²) in [7, 11) is 0. The number of carbonyl (C=O) groups excluding carboxylic acids is 2. The molecule has 0 aliphatic heterocycles. The molecule has 0 spiro atoms. The van der Waals surface area contributed by atoms with Crippen LogP contribution in [0.25, 0.3) is 0 Å². The van der Waals surface area contributed by atoms with Gasteiger partial charge in [-0.15, -0.1) is 0 Å². The smallest absolute Gasteiger partial charge is 0.242 e. The zero-order valence-electron chi connectivity index (χ0n) is 14.5. The minimum atomic E-state index is -1.07. The molecular weight excluding hydrogens is 288 g/mol. The maximum absolute atomic E-state index is 12.9. The SMILES string of the molecule is CCN(C(=O)C(C)(C)C(=O)NC1CCCCC1)c1ccccc1. The lowest BCUT2D eigenvalue weighted by Gasteiger charge is -2.32. The average Bonchev–Trinajstić information content (AvgIpc) is 2.57. The van der Waals surface area contributed by atoms with Crippen LogP contribution in [0.4, 0.5) is 5.69 Å². The number of rotatable bonds is 5. The monoisotopic (exact) mass is 316 g/mol. The molecular formula is C19H28N2O2. The second kappa shape index (κ2) is 7.62. The van der Waals surface area contributed by atoms with Crippen LogP contribution in [0.3, 0.4) is 0 Å². The van der Waals surface area contributed by atoms with E-state index in [4.69, 9.17) is 0 Å². The third-order valence-electron chi connectivity index (χ3n) is 4.67. The fourth-order valence-electron chi connectivity index (χ4n) is 3.10. The van der Waals surface area contributed by atoms with E-state index in [-0.39, 0.29) is 17.9 Å². The van der Waals surface area contributed by atoms with E-state index in [0.717, 1.165) is 31.4 Å². The summed E-state index contributed by atoms with van der Waals surface area (Å²) < 4.78 is 0. The fourth-order valence-corrected chi connectivity index (χ4v) is 3.10. The molecule has 126 valence electrons. The van der Waals surface area contributed by atoms with Crippen molar-refractivity contribution in [3.8, 4) is 0 Å². The van der Waals surface area contributed by atoms with Crippen LogP contribution in [0, 0.1) is 5.41 Å². The molecule has 0 saturated heterocycles. The Kier molecular flexibility index (Phi) is 5.80. The van der Waals surface area contributed by atoms with Crippen LogP contribution in [0.5, 0.6) is 0 Å². The molecule has 1 aromatic carbocycles. The second-order valence-electron chi connectivity index (χ2n) is 6.82. The van der Waals surface area contributed by atoms with Crippen LogP contribution >= 0.6 is 0 Å². The highest BCUT2D eigenvalue weighted by atomic mass is 16.2. The summed E-state index contributed by atoms with van der Waals surface area (Å²) in [4.78, 5) is 27.3. The van der Waals surface area contributed by atoms with E-state index in [1.165, 1.54) is 6.42 Å². The highest BCUT2D eigenvalue weighted by Gasteiger charge is 2.40. The summed E-state index contributed by atoms with van der Waals surface area (Å²) in [6.45, 7) is 5.92. The first kappa shape index (κ1) is 17.5. The number of nitrogens with zero attached hydrogens (tertiary/aromatic N) is 1. The van der Waals surface area contributed by atoms with Crippen molar-refractivity contribution in [1.82, 2.24) is 5.32 Å². The number of amides is 2. The van der Waals surface area contributed by atoms with E-state index >= 15 is 0 Å². The summed E-state index contributed by atoms with van der Waals surface area (Å²) in [5.74, 6) is -0.316. The Balaban J connectivity index is 2.09. The van der Waals surface area contributed by atoms with Gasteiger partial charge in [0, 0.05) is 18.3 Å². The van der Waals surface area contributed by atoms with E-state index in [1.807, 2.05) is 37.3 Å². The topological polar surface area (TPSA) is 49.4 Å². The number of para-hydroxylation sites is 1. The molecule has 23 heavy (non-hydrogen) atoms. The third-order valence-corrected chi connectivity index (χ3v) is 4.67. The van der Waals surface area contributed by atoms with Crippen molar-refractivity contribution in [3.05, 3.63) is 30.3 Å². The van der Waals surface area contributed by atoms with Crippen LogP contribution in [0.2, 0.25) is 0 Å². The Labute approximate surface area is 139 Å². The lowest BCUT2D eigenvalue weighted by atomic mass is 9.88. The summed E-state index contributed by atoms with van der Waals surface area (Å²) in [6, 6.07) is 9.74. The molecule has 1 aromatic rings. The predicted molar refractivity (Wildman–Crippen MR) is 93.3 cm³/mol. The van der Waals surface area contributed by atoms with Crippen molar-refractivity contribution in [2.45, 2.75) is 58.9 Å². The molecule has 4 heteroatoms. The maximum atomic E-state index is 12.9. The molecule has 4 nitrogen and oxygen atoms in total. The third kappa shape index (κ3) is 4.12. The van der Waals surface area contributed by atoms with Gasteiger partial charge in [-0.1, -0.05) is 37.5 Å². The molecule has 0 radical (unpaired) electrons. The molecule has 1 N–H and O–H groups in total. The van der Waals surface area contributed by atoms with Gasteiger partial charge < -0.3 is 10.2 Å². The Bertz CT molecular complexity index is 534. The van der Waals surface area contributed by atoms with E-state index < -0.39 is 5.41 Å². The van der Waals surface area contributed by atoms with Crippen molar-refractivity contribution in [2.75, 3.05) is 11.4 Å². The van der Waals surface area contributed by atoms with Crippen molar-refractivity contribution >= 4 is 17.5 Å². The van der Waals surface area contributed by atoms with Gasteiger partial charge in [0.25, 0.3) is 0 Å². The Hall–Kier alpha value is -1.84. The molecule has 1 aliphatic carbocycles. The van der Waals surface area contributed by atoms with Gasteiger partial charge in [-0.3, -0.25) is 9.59 Å². The Morgan fingerprint density at radius 1 is 1.13 bits per heavy atom. The second-order valence-corrected chi connectivity index (χ2v) is 6.82. The van der Waals surface area contributed by atoms with Gasteiger partial charge in [0.2, 0.25) is 11.8 Å². The fraction of sp³-hybridized carbons (Fsp3) is 0.579. The molecule has 0 bridgehead atoms. The lowest BCUT2D eigenvalue weighted by Crippen LogP contribution is -2.52. The Morgan fingerprint density at radius 3 is 2.30 bits per heavy atom. The molecule has 1 aliphatic rings. The first-order valence-corrected chi connectivity index (χ1v) is 8.64.